The number of benzene rings is 2. The summed E-state index contributed by atoms with van der Waals surface area (Å²) in [7, 11) is 0. The highest BCUT2D eigenvalue weighted by Gasteiger charge is 2.09. The molecule has 5 heteroatoms. The van der Waals surface area contributed by atoms with Gasteiger partial charge in [-0.05, 0) is 30.7 Å². The van der Waals surface area contributed by atoms with Gasteiger partial charge in [0.2, 0.25) is 0 Å². The van der Waals surface area contributed by atoms with E-state index in [0.29, 0.717) is 21.5 Å². The molecule has 94 valence electrons. The van der Waals surface area contributed by atoms with E-state index in [4.69, 9.17) is 33.7 Å². The van der Waals surface area contributed by atoms with Gasteiger partial charge < -0.3 is 10.5 Å². The minimum Gasteiger partial charge on any atom is -0.455 e. The lowest BCUT2D eigenvalue weighted by atomic mass is 10.2. The van der Waals surface area contributed by atoms with Crippen LogP contribution in [0.5, 0.6) is 11.5 Å². The zero-order chi connectivity index (χ0) is 13.3. The summed E-state index contributed by atoms with van der Waals surface area (Å²) in [5, 5.41) is 0.820. The van der Waals surface area contributed by atoms with Crippen molar-refractivity contribution in [3.63, 3.8) is 0 Å². The first-order valence-electron chi connectivity index (χ1n) is 5.16. The Kier molecular flexibility index (Phi) is 4.05. The van der Waals surface area contributed by atoms with Gasteiger partial charge in [-0.25, -0.2) is 0 Å². The number of rotatable bonds is 2. The Morgan fingerprint density at radius 3 is 2.44 bits per heavy atom. The third-order valence-corrected chi connectivity index (χ3v) is 3.64. The van der Waals surface area contributed by atoms with E-state index >= 15 is 0 Å². The zero-order valence-corrected chi connectivity index (χ0v) is 12.6. The van der Waals surface area contributed by atoms with Crippen molar-refractivity contribution in [1.82, 2.24) is 0 Å². The van der Waals surface area contributed by atoms with Crippen molar-refractivity contribution in [2.45, 2.75) is 6.92 Å². The molecular formula is C13H10BrCl2NO. The molecule has 0 heterocycles. The molecule has 0 fully saturated rings. The highest BCUT2D eigenvalue weighted by Crippen LogP contribution is 2.36. The number of ether oxygens (including phenoxy) is 1. The van der Waals surface area contributed by atoms with E-state index in [2.05, 4.69) is 15.9 Å². The van der Waals surface area contributed by atoms with Gasteiger partial charge in [0.1, 0.15) is 5.75 Å². The average Bonchev–Trinajstić information content (AvgIpc) is 2.30. The minimum absolute atomic E-state index is 0.410. The maximum absolute atomic E-state index is 5.95. The van der Waals surface area contributed by atoms with Gasteiger partial charge in [-0.3, -0.25) is 0 Å². The molecule has 0 bridgehead atoms. The fourth-order valence-electron chi connectivity index (χ4n) is 1.43. The van der Waals surface area contributed by atoms with Crippen LogP contribution in [-0.2, 0) is 0 Å². The van der Waals surface area contributed by atoms with E-state index in [1.807, 2.05) is 25.1 Å². The molecule has 0 amide bonds. The third-order valence-electron chi connectivity index (χ3n) is 2.42. The van der Waals surface area contributed by atoms with Crippen molar-refractivity contribution >= 4 is 44.8 Å². The second kappa shape index (κ2) is 5.39. The van der Waals surface area contributed by atoms with Crippen LogP contribution in [0.15, 0.2) is 34.8 Å². The molecule has 0 saturated carbocycles. The number of halogens is 3. The summed E-state index contributed by atoms with van der Waals surface area (Å²) in [6.45, 7) is 1.95. The van der Waals surface area contributed by atoms with E-state index in [9.17, 15) is 0 Å². The van der Waals surface area contributed by atoms with Crippen LogP contribution in [0.3, 0.4) is 0 Å². The highest BCUT2D eigenvalue weighted by molar-refractivity contribution is 9.10. The maximum atomic E-state index is 5.95. The van der Waals surface area contributed by atoms with Gasteiger partial charge in [0.05, 0.1) is 15.7 Å². The molecule has 18 heavy (non-hydrogen) atoms. The summed E-state index contributed by atoms with van der Waals surface area (Å²) in [6.07, 6.45) is 0. The number of hydrogen-bond donors (Lipinski definition) is 1. The third kappa shape index (κ3) is 2.91. The normalized spacial score (nSPS) is 10.4. The number of nitrogen functional groups attached to an aromatic ring is 1. The zero-order valence-electron chi connectivity index (χ0n) is 9.51. The molecule has 2 N–H and O–H groups in total. The number of anilines is 1. The van der Waals surface area contributed by atoms with Crippen molar-refractivity contribution in [3.05, 3.63) is 50.4 Å². The van der Waals surface area contributed by atoms with Gasteiger partial charge in [0.15, 0.2) is 5.75 Å². The summed E-state index contributed by atoms with van der Waals surface area (Å²) >= 11 is 15.2. The van der Waals surface area contributed by atoms with Gasteiger partial charge >= 0.3 is 0 Å². The number of nitrogens with two attached hydrogens (primary N) is 1. The molecule has 0 aliphatic rings. The summed E-state index contributed by atoms with van der Waals surface area (Å²) in [4.78, 5) is 0. The van der Waals surface area contributed by atoms with E-state index in [-0.39, 0.29) is 0 Å². The largest absolute Gasteiger partial charge is 0.455 e. The molecule has 2 rings (SSSR count). The maximum Gasteiger partial charge on any atom is 0.151 e. The predicted molar refractivity (Wildman–Crippen MR) is 79.8 cm³/mol. The Labute approximate surface area is 124 Å². The molecule has 0 radical (unpaired) electrons. The van der Waals surface area contributed by atoms with Crippen LogP contribution in [0, 0.1) is 6.92 Å². The number of aryl methyl sites for hydroxylation is 1. The van der Waals surface area contributed by atoms with Crippen molar-refractivity contribution < 1.29 is 4.74 Å². The first kappa shape index (κ1) is 13.5. The Hall–Kier alpha value is -0.900. The quantitative estimate of drug-likeness (QED) is 0.735. The molecule has 2 nitrogen and oxygen atoms in total. The molecule has 0 spiro atoms. The Balaban J connectivity index is 2.40. The molecular weight excluding hydrogens is 337 g/mol. The van der Waals surface area contributed by atoms with Crippen LogP contribution < -0.4 is 10.5 Å². The van der Waals surface area contributed by atoms with Gasteiger partial charge in [0.25, 0.3) is 0 Å². The first-order chi connectivity index (χ1) is 8.47. The molecule has 0 aliphatic carbocycles. The van der Waals surface area contributed by atoms with Crippen LogP contribution in [0.25, 0.3) is 0 Å². The lowest BCUT2D eigenvalue weighted by Crippen LogP contribution is -1.94. The van der Waals surface area contributed by atoms with E-state index in [1.54, 1.807) is 12.1 Å². The molecule has 0 saturated heterocycles. The Bertz CT molecular complexity index is 602. The first-order valence-corrected chi connectivity index (χ1v) is 6.71. The highest BCUT2D eigenvalue weighted by atomic mass is 79.9. The van der Waals surface area contributed by atoms with Gasteiger partial charge in [-0.1, -0.05) is 45.2 Å². The van der Waals surface area contributed by atoms with Crippen LogP contribution in [0.4, 0.5) is 5.69 Å². The molecule has 0 atom stereocenters. The van der Waals surface area contributed by atoms with E-state index < -0.39 is 0 Å². The second-order valence-corrected chi connectivity index (χ2v) is 5.55. The average molecular weight is 347 g/mol. The monoisotopic (exact) mass is 345 g/mol. The molecule has 0 unspecified atom stereocenters. The van der Waals surface area contributed by atoms with Crippen LogP contribution in [0.1, 0.15) is 5.56 Å². The van der Waals surface area contributed by atoms with E-state index in [1.165, 1.54) is 0 Å². The topological polar surface area (TPSA) is 35.2 Å². The molecule has 0 aromatic heterocycles. The van der Waals surface area contributed by atoms with Crippen molar-refractivity contribution in [2.75, 3.05) is 5.73 Å². The second-order valence-electron chi connectivity index (χ2n) is 3.82. The predicted octanol–water partition coefficient (Wildman–Crippen LogP) is 5.44. The van der Waals surface area contributed by atoms with Gasteiger partial charge in [-0.15, -0.1) is 0 Å². The SMILES string of the molecule is Cc1ccc(Br)cc1Oc1cc(Cl)c(Cl)cc1N. The lowest BCUT2D eigenvalue weighted by Gasteiger charge is -2.12. The summed E-state index contributed by atoms with van der Waals surface area (Å²) in [5.41, 5.74) is 7.30. The van der Waals surface area contributed by atoms with Gasteiger partial charge in [0, 0.05) is 10.5 Å². The van der Waals surface area contributed by atoms with Crippen LogP contribution >= 0.6 is 39.1 Å². The summed E-state index contributed by atoms with van der Waals surface area (Å²) in [6, 6.07) is 8.96. The standard InChI is InChI=1S/C13H10BrCl2NO/c1-7-2-3-8(14)4-12(7)18-13-6-10(16)9(15)5-11(13)17/h2-6H,17H2,1H3. The van der Waals surface area contributed by atoms with Crippen LogP contribution in [0.2, 0.25) is 10.0 Å². The molecule has 2 aromatic rings. The van der Waals surface area contributed by atoms with Crippen LogP contribution in [-0.4, -0.2) is 0 Å². The fourth-order valence-corrected chi connectivity index (χ4v) is 2.10. The van der Waals surface area contributed by atoms with E-state index in [0.717, 1.165) is 15.8 Å². The van der Waals surface area contributed by atoms with Crippen molar-refractivity contribution in [3.8, 4) is 11.5 Å². The molecule has 2 aromatic carbocycles. The Morgan fingerprint density at radius 2 is 1.72 bits per heavy atom. The fraction of sp³-hybridized carbons (Fsp3) is 0.0769. The summed E-state index contributed by atoms with van der Waals surface area (Å²) in [5.74, 6) is 1.21. The van der Waals surface area contributed by atoms with Crippen molar-refractivity contribution in [2.24, 2.45) is 0 Å². The minimum atomic E-state index is 0.410. The number of hydrogen-bond acceptors (Lipinski definition) is 2. The molecule has 0 aliphatic heterocycles. The van der Waals surface area contributed by atoms with Gasteiger partial charge in [-0.2, -0.15) is 0 Å². The summed E-state index contributed by atoms with van der Waals surface area (Å²) < 4.78 is 6.69. The van der Waals surface area contributed by atoms with Crippen molar-refractivity contribution in [1.29, 1.82) is 0 Å². The Morgan fingerprint density at radius 1 is 1.06 bits per heavy atom. The lowest BCUT2D eigenvalue weighted by molar-refractivity contribution is 0.481. The smallest absolute Gasteiger partial charge is 0.151 e.